The number of aromatic nitrogens is 2. The molecule has 0 aliphatic rings. The summed E-state index contributed by atoms with van der Waals surface area (Å²) in [5, 5.41) is 8.63. The minimum absolute atomic E-state index is 0.153. The highest BCUT2D eigenvalue weighted by molar-refractivity contribution is 5.94. The van der Waals surface area contributed by atoms with Crippen LogP contribution in [0.5, 0.6) is 5.75 Å². The van der Waals surface area contributed by atoms with E-state index in [0.717, 1.165) is 22.3 Å². The lowest BCUT2D eigenvalue weighted by atomic mass is 10.0. The predicted molar refractivity (Wildman–Crippen MR) is 116 cm³/mol. The summed E-state index contributed by atoms with van der Waals surface area (Å²) in [7, 11) is 1.61. The lowest BCUT2D eigenvalue weighted by Gasteiger charge is -2.12. The number of rotatable bonds is 6. The van der Waals surface area contributed by atoms with Crippen LogP contribution in [0.15, 0.2) is 83.7 Å². The molecule has 0 fully saturated rings. The van der Waals surface area contributed by atoms with Gasteiger partial charge in [-0.25, -0.2) is 4.68 Å². The average Bonchev–Trinajstić information content (AvgIpc) is 2.80. The van der Waals surface area contributed by atoms with E-state index in [0.29, 0.717) is 17.6 Å². The molecule has 30 heavy (non-hydrogen) atoms. The van der Waals surface area contributed by atoms with Crippen molar-refractivity contribution in [2.24, 2.45) is 0 Å². The molecule has 3 aromatic carbocycles. The summed E-state index contributed by atoms with van der Waals surface area (Å²) in [6.07, 6.45) is 0. The molecule has 1 aromatic heterocycles. The van der Waals surface area contributed by atoms with Gasteiger partial charge in [0.15, 0.2) is 0 Å². The number of benzene rings is 3. The Hall–Kier alpha value is -3.93. The van der Waals surface area contributed by atoms with E-state index in [1.807, 2.05) is 66.7 Å². The predicted octanol–water partition coefficient (Wildman–Crippen LogP) is 3.39. The molecule has 6 heteroatoms. The van der Waals surface area contributed by atoms with Crippen molar-refractivity contribution >= 4 is 16.7 Å². The maximum Gasteiger partial charge on any atom is 0.275 e. The molecule has 1 heterocycles. The minimum Gasteiger partial charge on any atom is -0.497 e. The average molecular weight is 399 g/mol. The van der Waals surface area contributed by atoms with Gasteiger partial charge in [0.1, 0.15) is 12.3 Å². The van der Waals surface area contributed by atoms with Crippen LogP contribution >= 0.6 is 0 Å². The van der Waals surface area contributed by atoms with Crippen molar-refractivity contribution in [3.63, 3.8) is 0 Å². The molecular weight excluding hydrogens is 378 g/mol. The SMILES string of the molecule is COc1ccc(-c2nn(CC(=O)NCc3ccccc3)c(=O)c3ccccc23)cc1. The molecule has 0 aliphatic heterocycles. The van der Waals surface area contributed by atoms with Crippen LogP contribution in [0.25, 0.3) is 22.0 Å². The summed E-state index contributed by atoms with van der Waals surface area (Å²) < 4.78 is 6.45. The Balaban J connectivity index is 1.66. The van der Waals surface area contributed by atoms with Gasteiger partial charge in [0, 0.05) is 17.5 Å². The van der Waals surface area contributed by atoms with Crippen LogP contribution < -0.4 is 15.6 Å². The van der Waals surface area contributed by atoms with Gasteiger partial charge in [0.05, 0.1) is 18.2 Å². The zero-order chi connectivity index (χ0) is 20.9. The van der Waals surface area contributed by atoms with Crippen LogP contribution in [-0.4, -0.2) is 22.8 Å². The van der Waals surface area contributed by atoms with E-state index in [1.54, 1.807) is 19.2 Å². The quantitative estimate of drug-likeness (QED) is 0.539. The molecule has 0 saturated carbocycles. The Morgan fingerprint density at radius 3 is 2.30 bits per heavy atom. The number of nitrogens with one attached hydrogen (secondary N) is 1. The maximum atomic E-state index is 12.9. The third-order valence-corrected chi connectivity index (χ3v) is 4.86. The first-order valence-corrected chi connectivity index (χ1v) is 9.60. The van der Waals surface area contributed by atoms with Crippen LogP contribution in [0.1, 0.15) is 5.56 Å². The summed E-state index contributed by atoms with van der Waals surface area (Å²) >= 11 is 0. The second kappa shape index (κ2) is 8.61. The first kappa shape index (κ1) is 19.4. The molecule has 6 nitrogen and oxygen atoms in total. The van der Waals surface area contributed by atoms with E-state index in [1.165, 1.54) is 4.68 Å². The number of carbonyl (C=O) groups excluding carboxylic acids is 1. The van der Waals surface area contributed by atoms with Gasteiger partial charge in [0.2, 0.25) is 5.91 Å². The summed E-state index contributed by atoms with van der Waals surface area (Å²) in [6.45, 7) is 0.243. The van der Waals surface area contributed by atoms with Gasteiger partial charge in [-0.05, 0) is 35.9 Å². The third-order valence-electron chi connectivity index (χ3n) is 4.86. The first-order chi connectivity index (χ1) is 14.7. The van der Waals surface area contributed by atoms with Gasteiger partial charge in [-0.1, -0.05) is 48.5 Å². The molecule has 150 valence electrons. The number of nitrogens with zero attached hydrogens (tertiary/aromatic N) is 2. The van der Waals surface area contributed by atoms with Crippen molar-refractivity contribution in [2.45, 2.75) is 13.1 Å². The van der Waals surface area contributed by atoms with Crippen molar-refractivity contribution < 1.29 is 9.53 Å². The van der Waals surface area contributed by atoms with E-state index >= 15 is 0 Å². The lowest BCUT2D eigenvalue weighted by Crippen LogP contribution is -2.33. The van der Waals surface area contributed by atoms with Gasteiger partial charge in [-0.15, -0.1) is 0 Å². The number of methoxy groups -OCH3 is 1. The number of fused-ring (bicyclic) bond motifs is 1. The monoisotopic (exact) mass is 399 g/mol. The Morgan fingerprint density at radius 1 is 0.933 bits per heavy atom. The molecule has 0 spiro atoms. The Morgan fingerprint density at radius 2 is 1.60 bits per heavy atom. The van der Waals surface area contributed by atoms with E-state index in [2.05, 4.69) is 10.4 Å². The summed E-state index contributed by atoms with van der Waals surface area (Å²) in [5.41, 5.74) is 2.18. The molecule has 4 aromatic rings. The fraction of sp³-hybridized carbons (Fsp3) is 0.125. The van der Waals surface area contributed by atoms with Gasteiger partial charge >= 0.3 is 0 Å². The van der Waals surface area contributed by atoms with Crippen molar-refractivity contribution in [1.29, 1.82) is 0 Å². The highest BCUT2D eigenvalue weighted by atomic mass is 16.5. The molecule has 0 unspecified atom stereocenters. The Bertz CT molecular complexity index is 1230. The molecule has 0 atom stereocenters. The standard InChI is InChI=1S/C24H21N3O3/c1-30-19-13-11-18(12-14-19)23-20-9-5-6-10-21(20)24(29)27(26-23)16-22(28)25-15-17-7-3-2-4-8-17/h2-14H,15-16H2,1H3,(H,25,28). The second-order valence-corrected chi connectivity index (χ2v) is 6.85. The molecule has 0 saturated heterocycles. The van der Waals surface area contributed by atoms with Crippen LogP contribution in [-0.2, 0) is 17.9 Å². The highest BCUT2D eigenvalue weighted by Crippen LogP contribution is 2.26. The van der Waals surface area contributed by atoms with Crippen LogP contribution in [0.2, 0.25) is 0 Å². The molecule has 0 aliphatic carbocycles. The normalized spacial score (nSPS) is 10.7. The maximum absolute atomic E-state index is 12.9. The van der Waals surface area contributed by atoms with E-state index < -0.39 is 0 Å². The lowest BCUT2D eigenvalue weighted by molar-refractivity contribution is -0.122. The molecule has 4 rings (SSSR count). The van der Waals surface area contributed by atoms with E-state index in [4.69, 9.17) is 4.74 Å². The number of ether oxygens (including phenoxy) is 1. The van der Waals surface area contributed by atoms with E-state index in [-0.39, 0.29) is 18.0 Å². The Kier molecular flexibility index (Phi) is 5.57. The fourth-order valence-corrected chi connectivity index (χ4v) is 3.29. The number of carbonyl (C=O) groups is 1. The number of hydrogen-bond acceptors (Lipinski definition) is 4. The Labute approximate surface area is 173 Å². The van der Waals surface area contributed by atoms with Crippen molar-refractivity contribution in [3.05, 3.63) is 94.8 Å². The zero-order valence-corrected chi connectivity index (χ0v) is 16.5. The van der Waals surface area contributed by atoms with Gasteiger partial charge in [-0.3, -0.25) is 9.59 Å². The summed E-state index contributed by atoms with van der Waals surface area (Å²) in [6, 6.07) is 24.4. The molecule has 1 N–H and O–H groups in total. The molecule has 0 radical (unpaired) electrons. The van der Waals surface area contributed by atoms with Gasteiger partial charge in [-0.2, -0.15) is 5.10 Å². The van der Waals surface area contributed by atoms with Crippen LogP contribution in [0.3, 0.4) is 0 Å². The van der Waals surface area contributed by atoms with Crippen LogP contribution in [0, 0.1) is 0 Å². The van der Waals surface area contributed by atoms with Crippen molar-refractivity contribution in [3.8, 4) is 17.0 Å². The van der Waals surface area contributed by atoms with E-state index in [9.17, 15) is 9.59 Å². The number of amides is 1. The highest BCUT2D eigenvalue weighted by Gasteiger charge is 2.14. The van der Waals surface area contributed by atoms with Gasteiger partial charge in [0.25, 0.3) is 5.56 Å². The second-order valence-electron chi connectivity index (χ2n) is 6.85. The largest absolute Gasteiger partial charge is 0.497 e. The third kappa shape index (κ3) is 4.07. The van der Waals surface area contributed by atoms with Crippen molar-refractivity contribution in [2.75, 3.05) is 7.11 Å². The molecular formula is C24H21N3O3. The summed E-state index contributed by atoms with van der Waals surface area (Å²) in [4.78, 5) is 25.4. The topological polar surface area (TPSA) is 73.2 Å². The fourth-order valence-electron chi connectivity index (χ4n) is 3.29. The first-order valence-electron chi connectivity index (χ1n) is 9.60. The minimum atomic E-state index is -0.294. The summed E-state index contributed by atoms with van der Waals surface area (Å²) in [5.74, 6) is 0.459. The smallest absolute Gasteiger partial charge is 0.275 e. The number of hydrogen-bond donors (Lipinski definition) is 1. The molecule has 0 bridgehead atoms. The zero-order valence-electron chi connectivity index (χ0n) is 16.5. The van der Waals surface area contributed by atoms with Crippen molar-refractivity contribution in [1.82, 2.24) is 15.1 Å². The molecule has 1 amide bonds. The van der Waals surface area contributed by atoms with Gasteiger partial charge < -0.3 is 10.1 Å². The van der Waals surface area contributed by atoms with Crippen LogP contribution in [0.4, 0.5) is 0 Å².